The molecule has 0 saturated heterocycles. The zero-order chi connectivity index (χ0) is 17.8. The molecule has 0 atom stereocenters. The van der Waals surface area contributed by atoms with Gasteiger partial charge >= 0.3 is 0 Å². The van der Waals surface area contributed by atoms with Crippen molar-refractivity contribution in [1.82, 2.24) is 4.98 Å². The number of hydrogen-bond donors (Lipinski definition) is 2. The maximum atomic E-state index is 12.4. The second-order valence-electron chi connectivity index (χ2n) is 6.22. The van der Waals surface area contributed by atoms with Crippen molar-refractivity contribution in [2.45, 2.75) is 38.5 Å². The number of nitrogens with one attached hydrogen (secondary N) is 2. The number of pyridine rings is 1. The minimum atomic E-state index is -0.377. The van der Waals surface area contributed by atoms with Crippen LogP contribution in [0.15, 0.2) is 39.7 Å². The number of rotatable bonds is 5. The number of carbonyl (C=O) groups is 2. The van der Waals surface area contributed by atoms with Gasteiger partial charge in [0.1, 0.15) is 5.69 Å². The predicted molar refractivity (Wildman–Crippen MR) is 100 cm³/mol. The van der Waals surface area contributed by atoms with Crippen LogP contribution in [0.25, 0.3) is 0 Å². The lowest BCUT2D eigenvalue weighted by molar-refractivity contribution is -0.116. The summed E-state index contributed by atoms with van der Waals surface area (Å²) in [4.78, 5) is 38.5. The average Bonchev–Trinajstić information content (AvgIpc) is 2.62. The van der Waals surface area contributed by atoms with Crippen LogP contribution < -0.4 is 10.9 Å². The Bertz CT molecular complexity index is 873. The van der Waals surface area contributed by atoms with Crippen LogP contribution in [0.1, 0.15) is 47.2 Å². The van der Waals surface area contributed by atoms with Gasteiger partial charge in [-0.25, -0.2) is 0 Å². The van der Waals surface area contributed by atoms with Crippen LogP contribution in [0, 0.1) is 0 Å². The monoisotopic (exact) mass is 402 g/mol. The number of carbonyl (C=O) groups excluding carboxylic acids is 2. The van der Waals surface area contributed by atoms with Gasteiger partial charge in [-0.2, -0.15) is 0 Å². The van der Waals surface area contributed by atoms with Crippen molar-refractivity contribution in [3.8, 4) is 0 Å². The van der Waals surface area contributed by atoms with E-state index in [9.17, 15) is 14.4 Å². The van der Waals surface area contributed by atoms with Crippen molar-refractivity contribution < 1.29 is 9.59 Å². The van der Waals surface area contributed by atoms with Crippen LogP contribution in [0.3, 0.4) is 0 Å². The summed E-state index contributed by atoms with van der Waals surface area (Å²) < 4.78 is 0.660. The Balaban J connectivity index is 1.59. The fourth-order valence-electron chi connectivity index (χ4n) is 3.04. The maximum Gasteiger partial charge on any atom is 0.271 e. The predicted octanol–water partition coefficient (Wildman–Crippen LogP) is 3.62. The lowest BCUT2D eigenvalue weighted by Crippen LogP contribution is -2.20. The third-order valence-corrected chi connectivity index (χ3v) is 4.85. The fourth-order valence-corrected chi connectivity index (χ4v) is 3.38. The third-order valence-electron chi connectivity index (χ3n) is 4.39. The Labute approximate surface area is 154 Å². The molecular weight excluding hydrogens is 384 g/mol. The summed E-state index contributed by atoms with van der Waals surface area (Å²) in [5.74, 6) is -0.401. The Morgan fingerprint density at radius 3 is 2.64 bits per heavy atom. The summed E-state index contributed by atoms with van der Waals surface area (Å²) in [5.41, 5.74) is 3.03. The molecular formula is C19H19BrN2O3. The van der Waals surface area contributed by atoms with E-state index < -0.39 is 0 Å². The van der Waals surface area contributed by atoms with Crippen molar-refractivity contribution in [2.75, 3.05) is 5.32 Å². The Kier molecular flexibility index (Phi) is 5.48. The first-order valence-electron chi connectivity index (χ1n) is 8.36. The van der Waals surface area contributed by atoms with E-state index in [1.165, 1.54) is 29.8 Å². The van der Waals surface area contributed by atoms with Gasteiger partial charge in [-0.15, -0.1) is 0 Å². The summed E-state index contributed by atoms with van der Waals surface area (Å²) in [6.45, 7) is 0. The lowest BCUT2D eigenvalue weighted by atomic mass is 9.89. The number of aromatic amines is 1. The molecule has 1 aromatic carbocycles. The molecule has 1 aromatic heterocycles. The molecule has 0 unspecified atom stereocenters. The van der Waals surface area contributed by atoms with Gasteiger partial charge < -0.3 is 10.3 Å². The normalized spacial score (nSPS) is 13.2. The summed E-state index contributed by atoms with van der Waals surface area (Å²) >= 11 is 3.23. The van der Waals surface area contributed by atoms with Crippen LogP contribution in [-0.2, 0) is 17.6 Å². The average molecular weight is 403 g/mol. The van der Waals surface area contributed by atoms with Gasteiger partial charge in [0.15, 0.2) is 5.78 Å². The Morgan fingerprint density at radius 2 is 1.84 bits per heavy atom. The molecule has 0 radical (unpaired) electrons. The molecule has 1 aliphatic rings. The quantitative estimate of drug-likeness (QED) is 0.749. The van der Waals surface area contributed by atoms with E-state index in [0.29, 0.717) is 10.0 Å². The number of anilines is 1. The second kappa shape index (κ2) is 7.78. The zero-order valence-electron chi connectivity index (χ0n) is 13.7. The van der Waals surface area contributed by atoms with Crippen LogP contribution in [0.5, 0.6) is 0 Å². The van der Waals surface area contributed by atoms with E-state index in [4.69, 9.17) is 0 Å². The standard InChI is InChI=1S/C19H19BrN2O3/c20-15-10-16(19(25)21-11-15)22-18(24)8-7-17(23)14-6-5-12-3-1-2-4-13(12)9-14/h5-6,9-11H,1-4,7-8H2,(H,21,25)(H,22,24). The molecule has 25 heavy (non-hydrogen) atoms. The van der Waals surface area contributed by atoms with Gasteiger partial charge in [0.2, 0.25) is 5.91 Å². The molecule has 6 heteroatoms. The topological polar surface area (TPSA) is 79.0 Å². The van der Waals surface area contributed by atoms with E-state index in [1.54, 1.807) is 0 Å². The summed E-state index contributed by atoms with van der Waals surface area (Å²) in [5, 5.41) is 2.54. The first-order chi connectivity index (χ1) is 12.0. The number of aryl methyl sites for hydroxylation is 2. The molecule has 130 valence electrons. The van der Waals surface area contributed by atoms with Crippen LogP contribution in [0.4, 0.5) is 5.69 Å². The minimum absolute atomic E-state index is 0.0435. The number of ketones is 1. The highest BCUT2D eigenvalue weighted by Gasteiger charge is 2.14. The number of fused-ring (bicyclic) bond motifs is 1. The second-order valence-corrected chi connectivity index (χ2v) is 7.14. The van der Waals surface area contributed by atoms with Gasteiger partial charge in [0.05, 0.1) is 0 Å². The molecule has 1 amide bonds. The maximum absolute atomic E-state index is 12.4. The van der Waals surface area contributed by atoms with E-state index in [-0.39, 0.29) is 35.8 Å². The van der Waals surface area contributed by atoms with Crippen LogP contribution in [-0.4, -0.2) is 16.7 Å². The number of H-pyrrole nitrogens is 1. The first kappa shape index (κ1) is 17.6. The molecule has 0 spiro atoms. The van der Waals surface area contributed by atoms with Crippen LogP contribution in [0.2, 0.25) is 0 Å². The molecule has 0 fully saturated rings. The number of hydrogen-bond acceptors (Lipinski definition) is 3. The van der Waals surface area contributed by atoms with Gasteiger partial charge in [0.25, 0.3) is 5.56 Å². The first-order valence-corrected chi connectivity index (χ1v) is 9.15. The van der Waals surface area contributed by atoms with Gasteiger partial charge in [-0.05, 0) is 64.9 Å². The number of halogens is 1. The number of benzene rings is 1. The lowest BCUT2D eigenvalue weighted by Gasteiger charge is -2.16. The SMILES string of the molecule is O=C(CCC(=O)c1ccc2c(c1)CCCC2)Nc1cc(Br)c[nH]c1=O. The van der Waals surface area contributed by atoms with Crippen molar-refractivity contribution in [2.24, 2.45) is 0 Å². The molecule has 5 nitrogen and oxygen atoms in total. The van der Waals surface area contributed by atoms with Gasteiger partial charge in [-0.1, -0.05) is 12.1 Å². The molecule has 1 aliphatic carbocycles. The minimum Gasteiger partial charge on any atom is -0.326 e. The highest BCUT2D eigenvalue weighted by Crippen LogP contribution is 2.23. The van der Waals surface area contributed by atoms with E-state index in [2.05, 4.69) is 26.2 Å². The smallest absolute Gasteiger partial charge is 0.271 e. The fraction of sp³-hybridized carbons (Fsp3) is 0.316. The Hall–Kier alpha value is -2.21. The molecule has 2 aromatic rings. The summed E-state index contributed by atoms with van der Waals surface area (Å²) in [6.07, 6.45) is 6.12. The Morgan fingerprint density at radius 1 is 1.08 bits per heavy atom. The van der Waals surface area contributed by atoms with Gasteiger partial charge in [0, 0.05) is 29.1 Å². The van der Waals surface area contributed by atoms with Crippen molar-refractivity contribution in [3.05, 3.63) is 62.0 Å². The zero-order valence-corrected chi connectivity index (χ0v) is 15.3. The van der Waals surface area contributed by atoms with Crippen molar-refractivity contribution in [1.29, 1.82) is 0 Å². The highest BCUT2D eigenvalue weighted by molar-refractivity contribution is 9.10. The van der Waals surface area contributed by atoms with Gasteiger partial charge in [-0.3, -0.25) is 14.4 Å². The largest absolute Gasteiger partial charge is 0.326 e. The molecule has 0 aliphatic heterocycles. The van der Waals surface area contributed by atoms with E-state index in [0.717, 1.165) is 19.3 Å². The van der Waals surface area contributed by atoms with Crippen molar-refractivity contribution >= 4 is 33.3 Å². The van der Waals surface area contributed by atoms with E-state index in [1.807, 2.05) is 18.2 Å². The van der Waals surface area contributed by atoms with E-state index >= 15 is 0 Å². The highest BCUT2D eigenvalue weighted by atomic mass is 79.9. The molecule has 0 bridgehead atoms. The molecule has 0 saturated carbocycles. The summed E-state index contributed by atoms with van der Waals surface area (Å²) in [7, 11) is 0. The molecule has 3 rings (SSSR count). The van der Waals surface area contributed by atoms with Crippen molar-refractivity contribution in [3.63, 3.8) is 0 Å². The molecule has 1 heterocycles. The summed E-state index contributed by atoms with van der Waals surface area (Å²) in [6, 6.07) is 7.38. The third kappa shape index (κ3) is 4.45. The molecule has 2 N–H and O–H groups in total. The number of Topliss-reactive ketones (excluding diaryl/α,β-unsaturated/α-hetero) is 1. The number of aromatic nitrogens is 1. The van der Waals surface area contributed by atoms with Crippen LogP contribution >= 0.6 is 15.9 Å². The number of amides is 1.